The van der Waals surface area contributed by atoms with Crippen LogP contribution in [0.2, 0.25) is 0 Å². The zero-order valence-corrected chi connectivity index (χ0v) is 20.7. The van der Waals surface area contributed by atoms with E-state index >= 15 is 0 Å². The Morgan fingerprint density at radius 3 is 2.83 bits per heavy atom. The molecule has 6 aromatic rings. The van der Waals surface area contributed by atoms with Crippen LogP contribution in [0.4, 0.5) is 0 Å². The second-order valence-corrected chi connectivity index (χ2v) is 9.48. The highest BCUT2D eigenvalue weighted by atomic mass is 32.1. The van der Waals surface area contributed by atoms with E-state index in [0.29, 0.717) is 44.3 Å². The molecule has 4 heterocycles. The van der Waals surface area contributed by atoms with Crippen LogP contribution in [0.25, 0.3) is 38.0 Å². The second-order valence-electron chi connectivity index (χ2n) is 7.70. The number of nitrogens with zero attached hydrogens (tertiary/aromatic N) is 5. The summed E-state index contributed by atoms with van der Waals surface area (Å²) in [5, 5.41) is 17.6. The number of nitriles is 1. The Labute approximate surface area is 212 Å². The van der Waals surface area contributed by atoms with E-state index in [1.165, 1.54) is 22.7 Å². The molecule has 2 aromatic carbocycles. The first-order valence-corrected chi connectivity index (χ1v) is 12.4. The molecule has 0 saturated heterocycles. The Kier molecular flexibility index (Phi) is 5.52. The summed E-state index contributed by atoms with van der Waals surface area (Å²) in [7, 11) is 3.17. The van der Waals surface area contributed by atoms with E-state index in [2.05, 4.69) is 21.1 Å². The minimum atomic E-state index is 0.265. The second kappa shape index (κ2) is 8.99. The van der Waals surface area contributed by atoms with E-state index < -0.39 is 0 Å². The molecular formula is C25H17N5O4S2. The number of aromatic nitrogens is 4. The summed E-state index contributed by atoms with van der Waals surface area (Å²) in [5.74, 6) is 1.82. The maximum atomic E-state index is 9.16. The van der Waals surface area contributed by atoms with Crippen molar-refractivity contribution in [2.24, 2.45) is 0 Å². The van der Waals surface area contributed by atoms with E-state index in [1.54, 1.807) is 31.0 Å². The summed E-state index contributed by atoms with van der Waals surface area (Å²) in [6.45, 7) is 0.265. The number of imidazole rings is 1. The molecule has 0 aliphatic heterocycles. The van der Waals surface area contributed by atoms with Crippen molar-refractivity contribution in [3.63, 3.8) is 0 Å². The number of rotatable bonds is 7. The lowest BCUT2D eigenvalue weighted by Gasteiger charge is -2.08. The van der Waals surface area contributed by atoms with Crippen LogP contribution < -0.4 is 14.2 Å². The van der Waals surface area contributed by atoms with Gasteiger partial charge in [-0.05, 0) is 29.5 Å². The number of ether oxygens (including phenoxy) is 3. The molecule has 9 nitrogen and oxygen atoms in total. The standard InChI is InChI=1S/C25H17N5O4S2/c1-31-17-7-20(33-12-16-13-35-23(27-16)15-5-3-4-14(6-15)10-26)18-9-22(34-21(18)8-17)19-11-30-24(28-19)36-25(29-30)32-2/h3-9,11,13H,12H2,1-2H3. The molecule has 11 heteroatoms. The van der Waals surface area contributed by atoms with Crippen LogP contribution in [0.15, 0.2) is 58.5 Å². The van der Waals surface area contributed by atoms with Crippen molar-refractivity contribution in [3.05, 3.63) is 65.3 Å². The highest BCUT2D eigenvalue weighted by Gasteiger charge is 2.17. The Morgan fingerprint density at radius 2 is 2.03 bits per heavy atom. The van der Waals surface area contributed by atoms with Gasteiger partial charge in [-0.1, -0.05) is 12.1 Å². The molecule has 0 aliphatic carbocycles. The van der Waals surface area contributed by atoms with E-state index in [4.69, 9.17) is 23.9 Å². The smallest absolute Gasteiger partial charge is 0.294 e. The molecule has 0 unspecified atom stereocenters. The van der Waals surface area contributed by atoms with Crippen molar-refractivity contribution in [3.8, 4) is 44.8 Å². The third kappa shape index (κ3) is 4.02. The van der Waals surface area contributed by atoms with Crippen molar-refractivity contribution in [2.45, 2.75) is 6.61 Å². The summed E-state index contributed by atoms with van der Waals surface area (Å²) < 4.78 is 24.5. The number of benzene rings is 2. The van der Waals surface area contributed by atoms with Crippen LogP contribution in [0.3, 0.4) is 0 Å². The van der Waals surface area contributed by atoms with Gasteiger partial charge in [0.1, 0.15) is 34.4 Å². The maximum Gasteiger partial charge on any atom is 0.294 e. The van der Waals surface area contributed by atoms with Gasteiger partial charge in [-0.3, -0.25) is 0 Å². The summed E-state index contributed by atoms with van der Waals surface area (Å²) in [4.78, 5) is 9.99. The van der Waals surface area contributed by atoms with E-state index in [-0.39, 0.29) is 6.61 Å². The van der Waals surface area contributed by atoms with Crippen molar-refractivity contribution in [1.82, 2.24) is 19.6 Å². The number of methoxy groups -OCH3 is 2. The Balaban J connectivity index is 1.28. The van der Waals surface area contributed by atoms with Crippen LogP contribution in [0.5, 0.6) is 16.7 Å². The summed E-state index contributed by atoms with van der Waals surface area (Å²) in [6, 6.07) is 15.1. The monoisotopic (exact) mass is 515 g/mol. The zero-order valence-electron chi connectivity index (χ0n) is 19.1. The van der Waals surface area contributed by atoms with Gasteiger partial charge in [0.15, 0.2) is 5.76 Å². The molecule has 0 aliphatic rings. The molecule has 0 bridgehead atoms. The SMILES string of the molecule is COc1cc(OCc2csc(-c3cccc(C#N)c3)n2)c2cc(-c3cn4nc(OC)sc4n3)oc2c1. The topological polar surface area (TPSA) is 108 Å². The van der Waals surface area contributed by atoms with Crippen molar-refractivity contribution < 1.29 is 18.6 Å². The fourth-order valence-electron chi connectivity index (χ4n) is 3.71. The van der Waals surface area contributed by atoms with E-state index in [0.717, 1.165) is 21.7 Å². The third-order valence-electron chi connectivity index (χ3n) is 5.43. The molecule has 4 aromatic heterocycles. The average Bonchev–Trinajstić information content (AvgIpc) is 3.69. The lowest BCUT2D eigenvalue weighted by atomic mass is 10.1. The molecule has 0 spiro atoms. The third-order valence-corrected chi connectivity index (χ3v) is 7.25. The normalized spacial score (nSPS) is 11.1. The molecule has 0 amide bonds. The predicted molar refractivity (Wildman–Crippen MR) is 136 cm³/mol. The average molecular weight is 516 g/mol. The quantitative estimate of drug-likeness (QED) is 0.263. The Bertz CT molecular complexity index is 1730. The fraction of sp³-hybridized carbons (Fsp3) is 0.120. The Morgan fingerprint density at radius 1 is 1.11 bits per heavy atom. The number of fused-ring (bicyclic) bond motifs is 2. The number of hydrogen-bond acceptors (Lipinski definition) is 10. The molecule has 0 radical (unpaired) electrons. The summed E-state index contributed by atoms with van der Waals surface area (Å²) in [5.41, 5.74) is 3.56. The first-order valence-electron chi connectivity index (χ1n) is 10.7. The minimum Gasteiger partial charge on any atom is -0.496 e. The first-order chi connectivity index (χ1) is 17.6. The molecule has 6 rings (SSSR count). The molecule has 36 heavy (non-hydrogen) atoms. The molecule has 0 fully saturated rings. The van der Waals surface area contributed by atoms with Crippen molar-refractivity contribution in [1.29, 1.82) is 5.26 Å². The molecule has 0 atom stereocenters. The van der Waals surface area contributed by atoms with Crippen molar-refractivity contribution >= 4 is 38.6 Å². The van der Waals surface area contributed by atoms with Gasteiger partial charge in [0, 0.05) is 23.1 Å². The van der Waals surface area contributed by atoms with Crippen LogP contribution in [-0.4, -0.2) is 33.8 Å². The number of furan rings is 1. The van der Waals surface area contributed by atoms with Gasteiger partial charge in [0.25, 0.3) is 5.19 Å². The Hall–Kier alpha value is -4.40. The van der Waals surface area contributed by atoms with Gasteiger partial charge in [-0.25, -0.2) is 14.5 Å². The van der Waals surface area contributed by atoms with Gasteiger partial charge in [-0.15, -0.1) is 16.4 Å². The van der Waals surface area contributed by atoms with E-state index in [9.17, 15) is 0 Å². The minimum absolute atomic E-state index is 0.265. The van der Waals surface area contributed by atoms with Gasteiger partial charge in [0.2, 0.25) is 4.96 Å². The van der Waals surface area contributed by atoms with Crippen LogP contribution in [0, 0.1) is 11.3 Å². The lowest BCUT2D eigenvalue weighted by molar-refractivity contribution is 0.303. The molecule has 178 valence electrons. The van der Waals surface area contributed by atoms with Crippen LogP contribution in [-0.2, 0) is 6.61 Å². The first kappa shape index (κ1) is 22.1. The predicted octanol–water partition coefficient (Wildman–Crippen LogP) is 5.80. The maximum absolute atomic E-state index is 9.16. The number of thiazole rings is 1. The fourth-order valence-corrected chi connectivity index (χ4v) is 5.21. The van der Waals surface area contributed by atoms with Gasteiger partial charge < -0.3 is 18.6 Å². The highest BCUT2D eigenvalue weighted by molar-refractivity contribution is 7.18. The lowest BCUT2D eigenvalue weighted by Crippen LogP contribution is -1.97. The van der Waals surface area contributed by atoms with Gasteiger partial charge in [0.05, 0.1) is 43.1 Å². The van der Waals surface area contributed by atoms with Gasteiger partial charge >= 0.3 is 0 Å². The molecule has 0 N–H and O–H groups in total. The van der Waals surface area contributed by atoms with Crippen molar-refractivity contribution in [2.75, 3.05) is 14.2 Å². The summed E-state index contributed by atoms with van der Waals surface area (Å²) >= 11 is 2.85. The largest absolute Gasteiger partial charge is 0.496 e. The molecule has 0 saturated carbocycles. The van der Waals surface area contributed by atoms with Crippen LogP contribution in [0.1, 0.15) is 11.3 Å². The van der Waals surface area contributed by atoms with Crippen LogP contribution >= 0.6 is 22.7 Å². The number of hydrogen-bond donors (Lipinski definition) is 0. The molecular weight excluding hydrogens is 498 g/mol. The highest BCUT2D eigenvalue weighted by Crippen LogP contribution is 2.38. The van der Waals surface area contributed by atoms with Gasteiger partial charge in [-0.2, -0.15) is 5.26 Å². The summed E-state index contributed by atoms with van der Waals surface area (Å²) in [6.07, 6.45) is 1.79. The zero-order chi connectivity index (χ0) is 24.6. The van der Waals surface area contributed by atoms with E-state index in [1.807, 2.05) is 41.8 Å².